The molecule has 0 radical (unpaired) electrons. The molecule has 0 atom stereocenters. The van der Waals surface area contributed by atoms with Crippen LogP contribution in [0.2, 0.25) is 0 Å². The van der Waals surface area contributed by atoms with Crippen LogP contribution in [-0.2, 0) is 6.42 Å². The van der Waals surface area contributed by atoms with Crippen LogP contribution < -0.4 is 15.2 Å². The fourth-order valence-electron chi connectivity index (χ4n) is 1.89. The van der Waals surface area contributed by atoms with Gasteiger partial charge in [-0.05, 0) is 52.7 Å². The van der Waals surface area contributed by atoms with Gasteiger partial charge in [0.2, 0.25) is 0 Å². The van der Waals surface area contributed by atoms with Crippen LogP contribution in [0.5, 0.6) is 11.5 Å². The molecule has 4 heteroatoms. The number of nitrogens with two attached hydrogens (primary N) is 1. The van der Waals surface area contributed by atoms with E-state index in [1.165, 1.54) is 0 Å². The second-order valence-electron chi connectivity index (χ2n) is 4.28. The van der Waals surface area contributed by atoms with Crippen molar-refractivity contribution < 1.29 is 9.47 Å². The largest absolute Gasteiger partial charge is 0.490 e. The second-order valence-corrected chi connectivity index (χ2v) is 5.13. The molecule has 0 aromatic heterocycles. The van der Waals surface area contributed by atoms with E-state index in [2.05, 4.69) is 15.9 Å². The highest BCUT2D eigenvalue weighted by Gasteiger charge is 2.07. The summed E-state index contributed by atoms with van der Waals surface area (Å²) in [4.78, 5) is 0. The molecular formula is C16H18BrNO2. The lowest BCUT2D eigenvalue weighted by atomic mass is 10.1. The van der Waals surface area contributed by atoms with Gasteiger partial charge >= 0.3 is 0 Å². The van der Waals surface area contributed by atoms with E-state index in [1.807, 2.05) is 48.5 Å². The van der Waals surface area contributed by atoms with Crippen LogP contribution in [0.4, 0.5) is 0 Å². The summed E-state index contributed by atoms with van der Waals surface area (Å²) in [7, 11) is 0. The Morgan fingerprint density at radius 3 is 2.40 bits per heavy atom. The van der Waals surface area contributed by atoms with Crippen LogP contribution >= 0.6 is 15.9 Å². The summed E-state index contributed by atoms with van der Waals surface area (Å²) in [5.41, 5.74) is 6.73. The SMILES string of the molecule is NCCc1cccc(Br)c1OCCOc1ccccc1. The molecule has 2 N–H and O–H groups in total. The third-order valence-corrected chi connectivity index (χ3v) is 3.43. The fraction of sp³-hybridized carbons (Fsp3) is 0.250. The van der Waals surface area contributed by atoms with Gasteiger partial charge in [0.1, 0.15) is 24.7 Å². The van der Waals surface area contributed by atoms with Crippen molar-refractivity contribution in [3.8, 4) is 11.5 Å². The van der Waals surface area contributed by atoms with Crippen molar-refractivity contribution in [2.45, 2.75) is 6.42 Å². The van der Waals surface area contributed by atoms with Crippen molar-refractivity contribution in [1.82, 2.24) is 0 Å². The summed E-state index contributed by atoms with van der Waals surface area (Å²) in [5.74, 6) is 1.71. The number of rotatable bonds is 7. The maximum absolute atomic E-state index is 5.81. The molecule has 3 nitrogen and oxygen atoms in total. The Bertz CT molecular complexity index is 531. The van der Waals surface area contributed by atoms with Crippen LogP contribution in [0.15, 0.2) is 53.0 Å². The number of hydrogen-bond acceptors (Lipinski definition) is 3. The van der Waals surface area contributed by atoms with Crippen molar-refractivity contribution in [3.63, 3.8) is 0 Å². The zero-order valence-corrected chi connectivity index (χ0v) is 12.8. The number of ether oxygens (including phenoxy) is 2. The van der Waals surface area contributed by atoms with E-state index in [1.54, 1.807) is 0 Å². The third kappa shape index (κ3) is 4.25. The van der Waals surface area contributed by atoms with Crippen LogP contribution in [0.25, 0.3) is 0 Å². The molecule has 0 fully saturated rings. The predicted octanol–water partition coefficient (Wildman–Crippen LogP) is 3.41. The van der Waals surface area contributed by atoms with Gasteiger partial charge in [0.05, 0.1) is 4.47 Å². The van der Waals surface area contributed by atoms with Crippen LogP contribution in [0.3, 0.4) is 0 Å². The Hall–Kier alpha value is -1.52. The quantitative estimate of drug-likeness (QED) is 0.788. The molecule has 0 aliphatic carbocycles. The Balaban J connectivity index is 1.87. The van der Waals surface area contributed by atoms with E-state index in [0.29, 0.717) is 19.8 Å². The van der Waals surface area contributed by atoms with E-state index in [4.69, 9.17) is 15.2 Å². The molecule has 0 amide bonds. The Labute approximate surface area is 127 Å². The Morgan fingerprint density at radius 2 is 1.65 bits per heavy atom. The van der Waals surface area contributed by atoms with Gasteiger partial charge in [-0.1, -0.05) is 30.3 Å². The zero-order chi connectivity index (χ0) is 14.2. The summed E-state index contributed by atoms with van der Waals surface area (Å²) < 4.78 is 12.4. The van der Waals surface area contributed by atoms with Crippen LogP contribution in [0, 0.1) is 0 Å². The first-order valence-electron chi connectivity index (χ1n) is 6.59. The average Bonchev–Trinajstić information content (AvgIpc) is 2.47. The lowest BCUT2D eigenvalue weighted by Gasteiger charge is -2.13. The maximum Gasteiger partial charge on any atom is 0.136 e. The highest BCUT2D eigenvalue weighted by molar-refractivity contribution is 9.10. The summed E-state index contributed by atoms with van der Waals surface area (Å²) in [6.07, 6.45) is 0.800. The minimum absolute atomic E-state index is 0.495. The number of para-hydroxylation sites is 2. The Morgan fingerprint density at radius 1 is 0.900 bits per heavy atom. The Kier molecular flexibility index (Phi) is 5.89. The van der Waals surface area contributed by atoms with Crippen molar-refractivity contribution in [2.24, 2.45) is 5.73 Å². The van der Waals surface area contributed by atoms with Crippen LogP contribution in [0.1, 0.15) is 5.56 Å². The number of hydrogen-bond donors (Lipinski definition) is 1. The molecule has 0 aliphatic heterocycles. The normalized spacial score (nSPS) is 10.3. The van der Waals surface area contributed by atoms with Crippen molar-refractivity contribution in [3.05, 3.63) is 58.6 Å². The van der Waals surface area contributed by atoms with Gasteiger partial charge in [-0.2, -0.15) is 0 Å². The molecule has 0 unspecified atom stereocenters. The summed E-state index contributed by atoms with van der Waals surface area (Å²) in [6.45, 7) is 1.61. The molecule has 2 aromatic carbocycles. The first-order chi connectivity index (χ1) is 9.81. The molecule has 0 spiro atoms. The van der Waals surface area contributed by atoms with E-state index in [9.17, 15) is 0 Å². The standard InChI is InChI=1S/C16H18BrNO2/c17-15-8-4-5-13(9-10-18)16(15)20-12-11-19-14-6-2-1-3-7-14/h1-8H,9-12,18H2. The molecule has 0 heterocycles. The molecule has 2 aromatic rings. The second kappa shape index (κ2) is 7.92. The molecule has 20 heavy (non-hydrogen) atoms. The highest BCUT2D eigenvalue weighted by Crippen LogP contribution is 2.29. The third-order valence-electron chi connectivity index (χ3n) is 2.80. The van der Waals surface area contributed by atoms with Crippen molar-refractivity contribution in [2.75, 3.05) is 19.8 Å². The molecule has 0 saturated heterocycles. The number of halogens is 1. The molecule has 2 rings (SSSR count). The summed E-state index contributed by atoms with van der Waals surface area (Å²) in [5, 5.41) is 0. The molecule has 0 saturated carbocycles. The highest BCUT2D eigenvalue weighted by atomic mass is 79.9. The van der Waals surface area contributed by atoms with E-state index < -0.39 is 0 Å². The minimum atomic E-state index is 0.495. The smallest absolute Gasteiger partial charge is 0.136 e. The van der Waals surface area contributed by atoms with Crippen molar-refractivity contribution >= 4 is 15.9 Å². The molecular weight excluding hydrogens is 318 g/mol. The minimum Gasteiger partial charge on any atom is -0.490 e. The van der Waals surface area contributed by atoms with Gasteiger partial charge in [0, 0.05) is 0 Å². The van der Waals surface area contributed by atoms with E-state index in [0.717, 1.165) is 28.0 Å². The maximum atomic E-state index is 5.81. The predicted molar refractivity (Wildman–Crippen MR) is 84.3 cm³/mol. The average molecular weight is 336 g/mol. The van der Waals surface area contributed by atoms with E-state index >= 15 is 0 Å². The van der Waals surface area contributed by atoms with Gasteiger partial charge in [-0.3, -0.25) is 0 Å². The molecule has 0 bridgehead atoms. The lowest BCUT2D eigenvalue weighted by Crippen LogP contribution is -2.11. The fourth-order valence-corrected chi connectivity index (χ4v) is 2.41. The molecule has 106 valence electrons. The van der Waals surface area contributed by atoms with Gasteiger partial charge in [-0.25, -0.2) is 0 Å². The first-order valence-corrected chi connectivity index (χ1v) is 7.38. The van der Waals surface area contributed by atoms with E-state index in [-0.39, 0.29) is 0 Å². The summed E-state index contributed by atoms with van der Waals surface area (Å²) >= 11 is 3.51. The summed E-state index contributed by atoms with van der Waals surface area (Å²) in [6, 6.07) is 15.7. The first kappa shape index (κ1) is 14.9. The number of benzene rings is 2. The van der Waals surface area contributed by atoms with Gasteiger partial charge in [0.25, 0.3) is 0 Å². The monoisotopic (exact) mass is 335 g/mol. The van der Waals surface area contributed by atoms with Gasteiger partial charge in [0.15, 0.2) is 0 Å². The molecule has 0 aliphatic rings. The van der Waals surface area contributed by atoms with Gasteiger partial charge in [-0.15, -0.1) is 0 Å². The topological polar surface area (TPSA) is 44.5 Å². The van der Waals surface area contributed by atoms with Gasteiger partial charge < -0.3 is 15.2 Å². The van der Waals surface area contributed by atoms with Crippen molar-refractivity contribution in [1.29, 1.82) is 0 Å². The lowest BCUT2D eigenvalue weighted by molar-refractivity contribution is 0.215. The van der Waals surface area contributed by atoms with Crippen LogP contribution in [-0.4, -0.2) is 19.8 Å². The zero-order valence-electron chi connectivity index (χ0n) is 11.2.